The first-order valence-electron chi connectivity index (χ1n) is 3.70. The molecule has 1 saturated heterocycles. The van der Waals surface area contributed by atoms with Crippen molar-refractivity contribution in [2.24, 2.45) is 0 Å². The summed E-state index contributed by atoms with van der Waals surface area (Å²) in [4.78, 5) is 10.3. The van der Waals surface area contributed by atoms with Crippen LogP contribution < -0.4 is 0 Å². The van der Waals surface area contributed by atoms with E-state index in [-0.39, 0.29) is 0 Å². The molecule has 0 aromatic heterocycles. The monoisotopic (exact) mass is 188 g/mol. The van der Waals surface area contributed by atoms with Crippen molar-refractivity contribution in [3.05, 3.63) is 11.6 Å². The average molecular weight is 188 g/mol. The van der Waals surface area contributed by atoms with E-state index in [1.54, 1.807) is 0 Å². The van der Waals surface area contributed by atoms with Crippen LogP contribution in [0.3, 0.4) is 0 Å². The van der Waals surface area contributed by atoms with E-state index in [9.17, 15) is 4.79 Å². The molecule has 0 amide bonds. The third-order valence-corrected chi connectivity index (χ3v) is 4.23. The first-order chi connectivity index (χ1) is 5.33. The Morgan fingerprint density at radius 1 is 1.45 bits per heavy atom. The lowest BCUT2D eigenvalue weighted by atomic mass is 10.3. The highest BCUT2D eigenvalue weighted by atomic mass is 32.2. The normalized spacial score (nSPS) is 21.7. The van der Waals surface area contributed by atoms with Crippen LogP contribution in [0.15, 0.2) is 11.6 Å². The number of hydrogen-bond acceptors (Lipinski definition) is 3. The molecule has 0 aliphatic carbocycles. The number of thioether (sulfide) groups is 2. The molecule has 1 fully saturated rings. The summed E-state index contributed by atoms with van der Waals surface area (Å²) in [5, 5.41) is 0. The van der Waals surface area contributed by atoms with Gasteiger partial charge in [0.1, 0.15) is 6.29 Å². The zero-order valence-corrected chi connectivity index (χ0v) is 8.21. The lowest BCUT2D eigenvalue weighted by Crippen LogP contribution is -2.04. The van der Waals surface area contributed by atoms with Crippen LogP contribution >= 0.6 is 23.5 Å². The average Bonchev–Trinajstić information content (AvgIpc) is 2.06. The molecule has 1 heterocycles. The maximum Gasteiger partial charge on any atom is 0.145 e. The third-order valence-electron chi connectivity index (χ3n) is 1.44. The number of allylic oxidation sites excluding steroid dienone is 1. The molecule has 0 unspecified atom stereocenters. The van der Waals surface area contributed by atoms with E-state index in [1.807, 2.05) is 30.4 Å². The quantitative estimate of drug-likeness (QED) is 0.489. The lowest BCUT2D eigenvalue weighted by Gasteiger charge is -2.17. The van der Waals surface area contributed by atoms with E-state index in [2.05, 4.69) is 6.08 Å². The van der Waals surface area contributed by atoms with Gasteiger partial charge in [-0.2, -0.15) is 0 Å². The smallest absolute Gasteiger partial charge is 0.145 e. The minimum Gasteiger partial charge on any atom is -0.298 e. The molecular formula is C8H12OS2. The lowest BCUT2D eigenvalue weighted by molar-refractivity contribution is -0.104. The van der Waals surface area contributed by atoms with E-state index in [0.29, 0.717) is 4.58 Å². The fourth-order valence-electron chi connectivity index (χ4n) is 0.856. The Morgan fingerprint density at radius 2 is 2.09 bits per heavy atom. The van der Waals surface area contributed by atoms with Gasteiger partial charge in [0.05, 0.1) is 4.58 Å². The Kier molecular flexibility index (Phi) is 4.08. The van der Waals surface area contributed by atoms with Gasteiger partial charge < -0.3 is 0 Å². The van der Waals surface area contributed by atoms with Gasteiger partial charge in [0.2, 0.25) is 0 Å². The second-order valence-corrected chi connectivity index (χ2v) is 5.29. The second kappa shape index (κ2) is 4.88. The fraction of sp³-hybridized carbons (Fsp3) is 0.625. The van der Waals surface area contributed by atoms with Crippen molar-refractivity contribution in [3.63, 3.8) is 0 Å². The van der Waals surface area contributed by atoms with Crippen LogP contribution in [-0.2, 0) is 4.79 Å². The van der Waals surface area contributed by atoms with Crippen LogP contribution in [0.1, 0.15) is 13.3 Å². The summed E-state index contributed by atoms with van der Waals surface area (Å²) < 4.78 is 0.522. The minimum atomic E-state index is 0.522. The molecule has 62 valence electrons. The molecule has 0 N–H and O–H groups in total. The summed E-state index contributed by atoms with van der Waals surface area (Å²) in [5.74, 6) is 2.47. The van der Waals surface area contributed by atoms with Crippen LogP contribution in [-0.4, -0.2) is 22.4 Å². The Hall–Kier alpha value is 0.110. The summed E-state index contributed by atoms with van der Waals surface area (Å²) in [6.07, 6.45) is 4.29. The number of carbonyl (C=O) groups is 1. The van der Waals surface area contributed by atoms with Crippen LogP contribution in [0.5, 0.6) is 0 Å². The number of aldehydes is 1. The van der Waals surface area contributed by atoms with Gasteiger partial charge in [-0.1, -0.05) is 6.08 Å². The van der Waals surface area contributed by atoms with Crippen molar-refractivity contribution in [1.29, 1.82) is 0 Å². The van der Waals surface area contributed by atoms with Crippen molar-refractivity contribution in [3.8, 4) is 0 Å². The molecule has 1 nitrogen and oxygen atoms in total. The molecule has 3 heteroatoms. The number of rotatable bonds is 2. The molecule has 0 atom stereocenters. The molecule has 0 bridgehead atoms. The van der Waals surface area contributed by atoms with Crippen molar-refractivity contribution in [1.82, 2.24) is 0 Å². The molecule has 1 aliphatic heterocycles. The molecule has 0 spiro atoms. The third kappa shape index (κ3) is 3.34. The maximum atomic E-state index is 10.3. The Morgan fingerprint density at radius 3 is 2.64 bits per heavy atom. The van der Waals surface area contributed by atoms with Crippen molar-refractivity contribution < 1.29 is 4.79 Å². The largest absolute Gasteiger partial charge is 0.298 e. The van der Waals surface area contributed by atoms with Gasteiger partial charge in [-0.15, -0.1) is 23.5 Å². The molecule has 0 radical (unpaired) electrons. The van der Waals surface area contributed by atoms with Gasteiger partial charge in [0, 0.05) is 0 Å². The Bertz CT molecular complexity index is 159. The number of hydrogen-bond donors (Lipinski definition) is 0. The van der Waals surface area contributed by atoms with E-state index in [1.165, 1.54) is 17.9 Å². The highest BCUT2D eigenvalue weighted by Gasteiger charge is 2.11. The van der Waals surface area contributed by atoms with Crippen molar-refractivity contribution in [2.45, 2.75) is 17.9 Å². The summed E-state index contributed by atoms with van der Waals surface area (Å²) in [6.45, 7) is 1.86. The summed E-state index contributed by atoms with van der Waals surface area (Å²) in [5.41, 5.74) is 0.858. The molecule has 0 saturated carbocycles. The molecular weight excluding hydrogens is 176 g/mol. The highest BCUT2D eigenvalue weighted by Crippen LogP contribution is 2.31. The minimum absolute atomic E-state index is 0.522. The first-order valence-corrected chi connectivity index (χ1v) is 5.79. The molecule has 0 aromatic rings. The summed E-state index contributed by atoms with van der Waals surface area (Å²) >= 11 is 3.87. The maximum absolute atomic E-state index is 10.3. The second-order valence-electron chi connectivity index (χ2n) is 2.49. The van der Waals surface area contributed by atoms with Crippen LogP contribution in [0, 0.1) is 0 Å². The topological polar surface area (TPSA) is 17.1 Å². The van der Waals surface area contributed by atoms with Gasteiger partial charge >= 0.3 is 0 Å². The van der Waals surface area contributed by atoms with Gasteiger partial charge in [0.25, 0.3) is 0 Å². The van der Waals surface area contributed by atoms with Crippen molar-refractivity contribution >= 4 is 29.8 Å². The summed E-state index contributed by atoms with van der Waals surface area (Å²) in [6, 6.07) is 0. The number of carbonyl (C=O) groups excluding carboxylic acids is 1. The van der Waals surface area contributed by atoms with E-state index < -0.39 is 0 Å². The van der Waals surface area contributed by atoms with Gasteiger partial charge in [0.15, 0.2) is 0 Å². The molecule has 1 rings (SSSR count). The molecule has 11 heavy (non-hydrogen) atoms. The molecule has 1 aliphatic rings. The predicted molar refractivity (Wildman–Crippen MR) is 53.1 cm³/mol. The highest BCUT2D eigenvalue weighted by molar-refractivity contribution is 8.17. The predicted octanol–water partition coefficient (Wildman–Crippen LogP) is 2.33. The molecule has 0 aromatic carbocycles. The van der Waals surface area contributed by atoms with E-state index in [4.69, 9.17) is 0 Å². The SMILES string of the molecule is C/C(C=O)=C/C1SCCCS1. The van der Waals surface area contributed by atoms with Crippen molar-refractivity contribution in [2.75, 3.05) is 11.5 Å². The fourth-order valence-corrected chi connectivity index (χ4v) is 3.71. The van der Waals surface area contributed by atoms with E-state index in [0.717, 1.165) is 11.9 Å². The Labute approximate surface area is 76.0 Å². The van der Waals surface area contributed by atoms with Crippen LogP contribution in [0.2, 0.25) is 0 Å². The summed E-state index contributed by atoms with van der Waals surface area (Å²) in [7, 11) is 0. The zero-order chi connectivity index (χ0) is 8.10. The van der Waals surface area contributed by atoms with Gasteiger partial charge in [-0.3, -0.25) is 4.79 Å². The Balaban J connectivity index is 2.40. The van der Waals surface area contributed by atoms with Crippen LogP contribution in [0.4, 0.5) is 0 Å². The first kappa shape index (κ1) is 9.20. The van der Waals surface area contributed by atoms with E-state index >= 15 is 0 Å². The van der Waals surface area contributed by atoms with Gasteiger partial charge in [-0.05, 0) is 30.4 Å². The van der Waals surface area contributed by atoms with Gasteiger partial charge in [-0.25, -0.2) is 0 Å². The van der Waals surface area contributed by atoms with Crippen LogP contribution in [0.25, 0.3) is 0 Å². The standard InChI is InChI=1S/C8H12OS2/c1-7(6-9)5-8-10-3-2-4-11-8/h5-6,8H,2-4H2,1H3/b7-5-. The zero-order valence-electron chi connectivity index (χ0n) is 6.58.